The van der Waals surface area contributed by atoms with E-state index in [0.29, 0.717) is 11.4 Å². The monoisotopic (exact) mass is 317 g/mol. The second kappa shape index (κ2) is 5.42. The SMILES string of the molecule is CC(C)n1cnc2ccc(Oc3c(O)cc(N)cc3Cl)cc21. The van der Waals surface area contributed by atoms with Gasteiger partial charge in [0.1, 0.15) is 5.75 Å². The van der Waals surface area contributed by atoms with Crippen LogP contribution >= 0.6 is 11.6 Å². The van der Waals surface area contributed by atoms with Crippen LogP contribution in [-0.2, 0) is 0 Å². The van der Waals surface area contributed by atoms with Crippen molar-refractivity contribution in [3.05, 3.63) is 41.7 Å². The van der Waals surface area contributed by atoms with Crippen molar-refractivity contribution in [2.75, 3.05) is 5.73 Å². The molecule has 0 aliphatic heterocycles. The van der Waals surface area contributed by atoms with E-state index in [1.54, 1.807) is 12.4 Å². The molecule has 114 valence electrons. The van der Waals surface area contributed by atoms with Crippen LogP contribution in [0.5, 0.6) is 17.2 Å². The van der Waals surface area contributed by atoms with Gasteiger partial charge in [0.05, 0.1) is 22.4 Å². The molecule has 0 unspecified atom stereocenters. The van der Waals surface area contributed by atoms with Gasteiger partial charge >= 0.3 is 0 Å². The Morgan fingerprint density at radius 2 is 2.05 bits per heavy atom. The number of hydrogen-bond donors (Lipinski definition) is 2. The Morgan fingerprint density at radius 1 is 1.27 bits per heavy atom. The van der Waals surface area contributed by atoms with Crippen molar-refractivity contribution in [3.8, 4) is 17.2 Å². The highest BCUT2D eigenvalue weighted by atomic mass is 35.5. The molecule has 6 heteroatoms. The quantitative estimate of drug-likeness (QED) is 0.704. The Labute approximate surface area is 132 Å². The molecule has 5 nitrogen and oxygen atoms in total. The molecule has 0 aliphatic rings. The molecule has 3 aromatic rings. The van der Waals surface area contributed by atoms with E-state index in [0.717, 1.165) is 11.0 Å². The maximum absolute atomic E-state index is 9.94. The Bertz CT molecular complexity index is 820. The zero-order valence-electron chi connectivity index (χ0n) is 12.2. The topological polar surface area (TPSA) is 73.3 Å². The zero-order valence-corrected chi connectivity index (χ0v) is 13.0. The van der Waals surface area contributed by atoms with Crippen LogP contribution < -0.4 is 10.5 Å². The van der Waals surface area contributed by atoms with E-state index >= 15 is 0 Å². The summed E-state index contributed by atoms with van der Waals surface area (Å²) in [6, 6.07) is 8.74. The van der Waals surface area contributed by atoms with E-state index < -0.39 is 0 Å². The first-order valence-corrected chi connectivity index (χ1v) is 7.26. The van der Waals surface area contributed by atoms with E-state index in [4.69, 9.17) is 22.1 Å². The van der Waals surface area contributed by atoms with Gasteiger partial charge in [-0.3, -0.25) is 0 Å². The van der Waals surface area contributed by atoms with E-state index in [1.807, 2.05) is 16.7 Å². The van der Waals surface area contributed by atoms with Gasteiger partial charge in [0.25, 0.3) is 0 Å². The molecule has 3 N–H and O–H groups in total. The largest absolute Gasteiger partial charge is 0.504 e. The molecule has 0 saturated carbocycles. The van der Waals surface area contributed by atoms with Crippen LogP contribution in [0.15, 0.2) is 36.7 Å². The number of hydrogen-bond acceptors (Lipinski definition) is 4. The Hall–Kier alpha value is -2.40. The van der Waals surface area contributed by atoms with Gasteiger partial charge in [-0.15, -0.1) is 0 Å². The molecular formula is C16H16ClN3O2. The van der Waals surface area contributed by atoms with Crippen LogP contribution in [0.3, 0.4) is 0 Å². The lowest BCUT2D eigenvalue weighted by atomic mass is 10.2. The van der Waals surface area contributed by atoms with Gasteiger partial charge < -0.3 is 20.1 Å². The number of halogens is 1. The second-order valence-corrected chi connectivity index (χ2v) is 5.76. The minimum absolute atomic E-state index is 0.0949. The molecule has 0 saturated heterocycles. The highest BCUT2D eigenvalue weighted by Crippen LogP contribution is 2.39. The number of aromatic nitrogens is 2. The number of phenolic OH excluding ortho intramolecular Hbond substituents is 1. The van der Waals surface area contributed by atoms with Crippen molar-refractivity contribution in [1.82, 2.24) is 9.55 Å². The molecule has 0 radical (unpaired) electrons. The lowest BCUT2D eigenvalue weighted by Crippen LogP contribution is -1.98. The number of phenols is 1. The van der Waals surface area contributed by atoms with Crippen LogP contribution in [0.25, 0.3) is 11.0 Å². The molecule has 22 heavy (non-hydrogen) atoms. The number of imidazole rings is 1. The predicted octanol–water partition coefficient (Wildman–Crippen LogP) is 4.35. The molecule has 1 aromatic heterocycles. The number of benzene rings is 2. The summed E-state index contributed by atoms with van der Waals surface area (Å²) in [5.41, 5.74) is 7.84. The molecule has 3 rings (SSSR count). The Kier molecular flexibility index (Phi) is 3.58. The summed E-state index contributed by atoms with van der Waals surface area (Å²) in [5.74, 6) is 0.658. The molecule has 0 bridgehead atoms. The average Bonchev–Trinajstić information content (AvgIpc) is 2.86. The second-order valence-electron chi connectivity index (χ2n) is 5.35. The summed E-state index contributed by atoms with van der Waals surface area (Å²) in [7, 11) is 0. The van der Waals surface area contributed by atoms with E-state index in [2.05, 4.69) is 18.8 Å². The first kappa shape index (κ1) is 14.5. The van der Waals surface area contributed by atoms with Crippen molar-refractivity contribution in [2.45, 2.75) is 19.9 Å². The number of nitrogens with two attached hydrogens (primary N) is 1. The van der Waals surface area contributed by atoms with Gasteiger partial charge in [0, 0.05) is 23.9 Å². The third-order valence-corrected chi connectivity index (χ3v) is 3.65. The third-order valence-electron chi connectivity index (χ3n) is 3.37. The summed E-state index contributed by atoms with van der Waals surface area (Å²) < 4.78 is 7.78. The molecule has 1 heterocycles. The van der Waals surface area contributed by atoms with Gasteiger partial charge in [-0.25, -0.2) is 4.98 Å². The fourth-order valence-corrected chi connectivity index (χ4v) is 2.56. The van der Waals surface area contributed by atoms with Crippen LogP contribution in [0, 0.1) is 0 Å². The number of aromatic hydroxyl groups is 1. The minimum Gasteiger partial charge on any atom is -0.504 e. The van der Waals surface area contributed by atoms with Crippen molar-refractivity contribution in [1.29, 1.82) is 0 Å². The molecule has 2 aromatic carbocycles. The smallest absolute Gasteiger partial charge is 0.187 e. The molecular weight excluding hydrogens is 302 g/mol. The van der Waals surface area contributed by atoms with Crippen LogP contribution in [0.4, 0.5) is 5.69 Å². The van der Waals surface area contributed by atoms with Crippen LogP contribution in [0.1, 0.15) is 19.9 Å². The van der Waals surface area contributed by atoms with Gasteiger partial charge in [0.15, 0.2) is 11.5 Å². The van der Waals surface area contributed by atoms with Gasteiger partial charge in [-0.2, -0.15) is 0 Å². The van der Waals surface area contributed by atoms with Gasteiger partial charge in [0.2, 0.25) is 0 Å². The highest BCUT2D eigenvalue weighted by molar-refractivity contribution is 6.32. The Morgan fingerprint density at radius 3 is 2.73 bits per heavy atom. The lowest BCUT2D eigenvalue weighted by molar-refractivity contribution is 0.412. The van der Waals surface area contributed by atoms with Crippen LogP contribution in [-0.4, -0.2) is 14.7 Å². The summed E-state index contributed by atoms with van der Waals surface area (Å²) in [6.45, 7) is 4.16. The summed E-state index contributed by atoms with van der Waals surface area (Å²) in [5, 5.41) is 10.2. The number of nitrogens with zero attached hydrogens (tertiary/aromatic N) is 2. The van der Waals surface area contributed by atoms with E-state index in [-0.39, 0.29) is 22.6 Å². The molecule has 0 spiro atoms. The Balaban J connectivity index is 2.03. The van der Waals surface area contributed by atoms with Crippen molar-refractivity contribution in [3.63, 3.8) is 0 Å². The van der Waals surface area contributed by atoms with Crippen LogP contribution in [0.2, 0.25) is 5.02 Å². The fourth-order valence-electron chi connectivity index (χ4n) is 2.30. The number of anilines is 1. The standard InChI is InChI=1S/C16H16ClN3O2/c1-9(2)20-8-19-13-4-3-11(7-14(13)20)22-16-12(17)5-10(18)6-15(16)21/h3-9,21H,18H2,1-2H3. The first-order valence-electron chi connectivity index (χ1n) is 6.88. The maximum atomic E-state index is 9.94. The van der Waals surface area contributed by atoms with Gasteiger partial charge in [-0.1, -0.05) is 11.6 Å². The van der Waals surface area contributed by atoms with E-state index in [1.165, 1.54) is 12.1 Å². The number of ether oxygens (including phenoxy) is 1. The fraction of sp³-hybridized carbons (Fsp3) is 0.188. The summed E-state index contributed by atoms with van der Waals surface area (Å²) >= 11 is 6.08. The average molecular weight is 318 g/mol. The van der Waals surface area contributed by atoms with Crippen molar-refractivity contribution >= 4 is 28.3 Å². The minimum atomic E-state index is -0.0949. The lowest BCUT2D eigenvalue weighted by Gasteiger charge is -2.12. The number of nitrogen functional groups attached to an aromatic ring is 1. The third kappa shape index (κ3) is 2.55. The predicted molar refractivity (Wildman–Crippen MR) is 87.7 cm³/mol. The van der Waals surface area contributed by atoms with E-state index in [9.17, 15) is 5.11 Å². The molecule has 0 fully saturated rings. The van der Waals surface area contributed by atoms with Crippen molar-refractivity contribution < 1.29 is 9.84 Å². The normalized spacial score (nSPS) is 11.3. The highest BCUT2D eigenvalue weighted by Gasteiger charge is 2.12. The summed E-state index contributed by atoms with van der Waals surface area (Å²) in [6.07, 6.45) is 1.80. The molecule has 0 atom stereocenters. The van der Waals surface area contributed by atoms with Gasteiger partial charge in [-0.05, 0) is 32.0 Å². The molecule has 0 aliphatic carbocycles. The molecule has 0 amide bonds. The maximum Gasteiger partial charge on any atom is 0.187 e. The summed E-state index contributed by atoms with van der Waals surface area (Å²) in [4.78, 5) is 4.35. The zero-order chi connectivity index (χ0) is 15.9. The first-order chi connectivity index (χ1) is 10.5. The number of fused-ring (bicyclic) bond motifs is 1. The van der Waals surface area contributed by atoms with Crippen molar-refractivity contribution in [2.24, 2.45) is 0 Å². The number of rotatable bonds is 3.